The molecular weight excluding hydrogens is 456 g/mol. The van der Waals surface area contributed by atoms with E-state index in [1.165, 1.54) is 30.3 Å². The molecule has 4 aromatic carbocycles. The SMILES string of the molecule is O=C(NC(c1ccccc1)c1ccccc1)c1cc(NS(=O)(=O)c2ccccc2)ccc1Cl. The summed E-state index contributed by atoms with van der Waals surface area (Å²) in [5.74, 6) is -0.418. The van der Waals surface area contributed by atoms with Gasteiger partial charge in [-0.2, -0.15) is 0 Å². The summed E-state index contributed by atoms with van der Waals surface area (Å²) in [7, 11) is -3.80. The van der Waals surface area contributed by atoms with E-state index in [1.54, 1.807) is 18.2 Å². The van der Waals surface area contributed by atoms with Crippen LogP contribution in [0.15, 0.2) is 114 Å². The molecule has 0 aromatic heterocycles. The van der Waals surface area contributed by atoms with E-state index in [-0.39, 0.29) is 21.2 Å². The van der Waals surface area contributed by atoms with Crippen molar-refractivity contribution in [3.63, 3.8) is 0 Å². The number of carbonyl (C=O) groups is 1. The Morgan fingerprint density at radius 1 is 0.727 bits per heavy atom. The second-order valence-electron chi connectivity index (χ2n) is 7.34. The lowest BCUT2D eigenvalue weighted by atomic mass is 9.98. The molecule has 0 spiro atoms. The lowest BCUT2D eigenvalue weighted by Crippen LogP contribution is -2.29. The minimum Gasteiger partial charge on any atom is -0.341 e. The van der Waals surface area contributed by atoms with Gasteiger partial charge in [-0.05, 0) is 41.5 Å². The first-order valence-electron chi connectivity index (χ1n) is 10.2. The van der Waals surface area contributed by atoms with Crippen LogP contribution in [0, 0.1) is 0 Å². The van der Waals surface area contributed by atoms with Gasteiger partial charge >= 0.3 is 0 Å². The summed E-state index contributed by atoms with van der Waals surface area (Å²) < 4.78 is 27.8. The second kappa shape index (κ2) is 9.90. The molecule has 166 valence electrons. The number of halogens is 1. The fourth-order valence-corrected chi connectivity index (χ4v) is 4.71. The molecule has 7 heteroatoms. The van der Waals surface area contributed by atoms with Gasteiger partial charge in [0.1, 0.15) is 0 Å². The molecule has 0 saturated carbocycles. The summed E-state index contributed by atoms with van der Waals surface area (Å²) in [6.45, 7) is 0. The van der Waals surface area contributed by atoms with Crippen molar-refractivity contribution < 1.29 is 13.2 Å². The molecule has 0 unspecified atom stereocenters. The van der Waals surface area contributed by atoms with Crippen molar-refractivity contribution in [2.75, 3.05) is 4.72 Å². The van der Waals surface area contributed by atoms with Gasteiger partial charge < -0.3 is 5.32 Å². The molecule has 0 aliphatic carbocycles. The molecule has 0 saturated heterocycles. The summed E-state index contributed by atoms with van der Waals surface area (Å²) in [4.78, 5) is 13.4. The second-order valence-corrected chi connectivity index (χ2v) is 9.43. The third kappa shape index (κ3) is 5.42. The standard InChI is InChI=1S/C26H21ClN2O3S/c27-24-17-16-21(29-33(31,32)22-14-8-3-9-15-22)18-23(24)26(30)28-25(19-10-4-1-5-11-19)20-12-6-2-7-13-20/h1-18,25,29H,(H,28,30). The van der Waals surface area contributed by atoms with E-state index >= 15 is 0 Å². The van der Waals surface area contributed by atoms with Crippen molar-refractivity contribution in [2.45, 2.75) is 10.9 Å². The van der Waals surface area contributed by atoms with E-state index in [0.29, 0.717) is 0 Å². The summed E-state index contributed by atoms with van der Waals surface area (Å²) in [5.41, 5.74) is 2.23. The highest BCUT2D eigenvalue weighted by molar-refractivity contribution is 7.92. The Bertz CT molecular complexity index is 1310. The van der Waals surface area contributed by atoms with Crippen molar-refractivity contribution in [2.24, 2.45) is 0 Å². The number of anilines is 1. The average Bonchev–Trinajstić information content (AvgIpc) is 2.85. The Balaban J connectivity index is 1.62. The predicted octanol–water partition coefficient (Wildman–Crippen LogP) is 5.66. The number of hydrogen-bond acceptors (Lipinski definition) is 3. The minimum atomic E-state index is -3.80. The van der Waals surface area contributed by atoms with Crippen LogP contribution in [0.3, 0.4) is 0 Å². The van der Waals surface area contributed by atoms with Crippen molar-refractivity contribution in [1.82, 2.24) is 5.32 Å². The Kier molecular flexibility index (Phi) is 6.77. The molecule has 0 heterocycles. The molecule has 0 bridgehead atoms. The monoisotopic (exact) mass is 476 g/mol. The smallest absolute Gasteiger partial charge is 0.261 e. The first-order valence-corrected chi connectivity index (χ1v) is 12.1. The van der Waals surface area contributed by atoms with Crippen LogP contribution in [0.25, 0.3) is 0 Å². The van der Waals surface area contributed by atoms with Crippen LogP contribution >= 0.6 is 11.6 Å². The van der Waals surface area contributed by atoms with E-state index in [4.69, 9.17) is 11.6 Å². The quantitative estimate of drug-likeness (QED) is 0.361. The molecule has 0 fully saturated rings. The molecule has 0 aliphatic heterocycles. The van der Waals surface area contributed by atoms with Gasteiger partial charge in [0.2, 0.25) is 0 Å². The Labute approximate surface area is 198 Å². The molecule has 2 N–H and O–H groups in total. The highest BCUT2D eigenvalue weighted by Gasteiger charge is 2.21. The lowest BCUT2D eigenvalue weighted by molar-refractivity contribution is 0.0943. The number of sulfonamides is 1. The van der Waals surface area contributed by atoms with E-state index in [2.05, 4.69) is 10.0 Å². The van der Waals surface area contributed by atoms with Crippen LogP contribution < -0.4 is 10.0 Å². The molecule has 1 amide bonds. The number of rotatable bonds is 7. The van der Waals surface area contributed by atoms with E-state index < -0.39 is 22.0 Å². The molecule has 0 atom stereocenters. The third-order valence-corrected chi connectivity index (χ3v) is 6.78. The van der Waals surface area contributed by atoms with Gasteiger partial charge in [0.05, 0.1) is 21.5 Å². The maximum absolute atomic E-state index is 13.2. The number of hydrogen-bond donors (Lipinski definition) is 2. The molecule has 0 aliphatic rings. The van der Waals surface area contributed by atoms with E-state index in [1.807, 2.05) is 60.7 Å². The minimum absolute atomic E-state index is 0.124. The van der Waals surface area contributed by atoms with Crippen LogP contribution in [0.2, 0.25) is 5.02 Å². The number of nitrogens with one attached hydrogen (secondary N) is 2. The number of benzene rings is 4. The highest BCUT2D eigenvalue weighted by atomic mass is 35.5. The molecule has 4 rings (SSSR count). The van der Waals surface area contributed by atoms with Crippen LogP contribution in [0.5, 0.6) is 0 Å². The Morgan fingerprint density at radius 3 is 1.79 bits per heavy atom. The molecular formula is C26H21ClN2O3S. The van der Waals surface area contributed by atoms with Gasteiger partial charge in [0.25, 0.3) is 15.9 Å². The third-order valence-electron chi connectivity index (χ3n) is 5.06. The van der Waals surface area contributed by atoms with E-state index in [0.717, 1.165) is 11.1 Å². The van der Waals surface area contributed by atoms with Crippen molar-refractivity contribution in [3.05, 3.63) is 131 Å². The van der Waals surface area contributed by atoms with Gasteiger partial charge in [-0.1, -0.05) is 90.5 Å². The summed E-state index contributed by atoms with van der Waals surface area (Å²) in [6.07, 6.45) is 0. The predicted molar refractivity (Wildman–Crippen MR) is 131 cm³/mol. The van der Waals surface area contributed by atoms with Crippen molar-refractivity contribution in [3.8, 4) is 0 Å². The largest absolute Gasteiger partial charge is 0.341 e. The topological polar surface area (TPSA) is 75.3 Å². The zero-order chi connectivity index (χ0) is 23.3. The molecule has 4 aromatic rings. The van der Waals surface area contributed by atoms with Crippen molar-refractivity contribution >= 4 is 33.2 Å². The van der Waals surface area contributed by atoms with Gasteiger partial charge in [0, 0.05) is 5.69 Å². The van der Waals surface area contributed by atoms with Crippen LogP contribution in [-0.2, 0) is 10.0 Å². The normalized spacial score (nSPS) is 11.2. The molecule has 5 nitrogen and oxygen atoms in total. The number of amides is 1. The Morgan fingerprint density at radius 2 is 1.24 bits per heavy atom. The van der Waals surface area contributed by atoms with Gasteiger partial charge in [0.15, 0.2) is 0 Å². The molecule has 0 radical (unpaired) electrons. The van der Waals surface area contributed by atoms with Crippen LogP contribution in [0.4, 0.5) is 5.69 Å². The lowest BCUT2D eigenvalue weighted by Gasteiger charge is -2.20. The first-order chi connectivity index (χ1) is 15.9. The summed E-state index contributed by atoms with van der Waals surface area (Å²) in [6, 6.07) is 31.2. The zero-order valence-corrected chi connectivity index (χ0v) is 19.1. The van der Waals surface area contributed by atoms with Gasteiger partial charge in [-0.3, -0.25) is 9.52 Å². The molecule has 33 heavy (non-hydrogen) atoms. The van der Waals surface area contributed by atoms with Gasteiger partial charge in [-0.25, -0.2) is 8.42 Å². The fraction of sp³-hybridized carbons (Fsp3) is 0.0385. The van der Waals surface area contributed by atoms with Gasteiger partial charge in [-0.15, -0.1) is 0 Å². The first kappa shape index (κ1) is 22.6. The number of carbonyl (C=O) groups excluding carboxylic acids is 1. The fourth-order valence-electron chi connectivity index (χ4n) is 3.44. The Hall–Kier alpha value is -3.61. The average molecular weight is 477 g/mol. The van der Waals surface area contributed by atoms with Crippen LogP contribution in [0.1, 0.15) is 27.5 Å². The van der Waals surface area contributed by atoms with Crippen molar-refractivity contribution in [1.29, 1.82) is 0 Å². The summed E-state index contributed by atoms with van der Waals surface area (Å²) in [5, 5.41) is 3.25. The van der Waals surface area contributed by atoms with E-state index in [9.17, 15) is 13.2 Å². The summed E-state index contributed by atoms with van der Waals surface area (Å²) >= 11 is 6.32. The zero-order valence-electron chi connectivity index (χ0n) is 17.5. The van der Waals surface area contributed by atoms with Crippen LogP contribution in [-0.4, -0.2) is 14.3 Å². The highest BCUT2D eigenvalue weighted by Crippen LogP contribution is 2.26. The maximum atomic E-state index is 13.2. The maximum Gasteiger partial charge on any atom is 0.261 e.